The van der Waals surface area contributed by atoms with Crippen molar-refractivity contribution in [1.29, 1.82) is 0 Å². The van der Waals surface area contributed by atoms with E-state index in [-0.39, 0.29) is 0 Å². The number of aliphatic hydroxyl groups is 1. The largest absolute Gasteiger partial charge is 0.389 e. The minimum atomic E-state index is -0.473. The van der Waals surface area contributed by atoms with E-state index in [0.29, 0.717) is 19.8 Å². The maximum Gasteiger partial charge on any atom is 0.136 e. The van der Waals surface area contributed by atoms with Crippen LogP contribution < -0.4 is 4.90 Å². The second kappa shape index (κ2) is 10.5. The van der Waals surface area contributed by atoms with Gasteiger partial charge >= 0.3 is 0 Å². The highest BCUT2D eigenvalue weighted by Crippen LogP contribution is 2.25. The van der Waals surface area contributed by atoms with E-state index in [0.717, 1.165) is 49.9 Å². The summed E-state index contributed by atoms with van der Waals surface area (Å²) in [5.74, 6) is 1.86. The van der Waals surface area contributed by atoms with Crippen molar-refractivity contribution in [2.24, 2.45) is 0 Å². The number of aryl methyl sites for hydroxylation is 2. The van der Waals surface area contributed by atoms with E-state index in [2.05, 4.69) is 52.6 Å². The lowest BCUT2D eigenvalue weighted by atomic mass is 10.0. The Labute approximate surface area is 173 Å². The molecular formula is C23H32N4O2. The van der Waals surface area contributed by atoms with Gasteiger partial charge in [-0.3, -0.25) is 4.90 Å². The zero-order valence-corrected chi connectivity index (χ0v) is 17.5. The summed E-state index contributed by atoms with van der Waals surface area (Å²) in [7, 11) is 0. The van der Waals surface area contributed by atoms with Crippen LogP contribution in [-0.2, 0) is 11.2 Å². The van der Waals surface area contributed by atoms with Crippen molar-refractivity contribution in [3.05, 3.63) is 65.6 Å². The summed E-state index contributed by atoms with van der Waals surface area (Å²) in [6, 6.07) is 10.5. The van der Waals surface area contributed by atoms with E-state index in [1.807, 2.05) is 13.0 Å². The molecule has 29 heavy (non-hydrogen) atoms. The predicted octanol–water partition coefficient (Wildman–Crippen LogP) is 2.37. The summed E-state index contributed by atoms with van der Waals surface area (Å²) in [6.07, 6.45) is 2.06. The van der Waals surface area contributed by atoms with Crippen LogP contribution >= 0.6 is 0 Å². The molecule has 1 aromatic carbocycles. The molecule has 156 valence electrons. The first-order valence-electron chi connectivity index (χ1n) is 10.3. The van der Waals surface area contributed by atoms with Gasteiger partial charge in [0.25, 0.3) is 0 Å². The first kappa shape index (κ1) is 21.4. The molecule has 3 rings (SSSR count). The van der Waals surface area contributed by atoms with Gasteiger partial charge in [0.05, 0.1) is 19.3 Å². The topological polar surface area (TPSA) is 61.7 Å². The van der Waals surface area contributed by atoms with Crippen LogP contribution in [0.3, 0.4) is 0 Å². The van der Waals surface area contributed by atoms with Crippen molar-refractivity contribution >= 4 is 5.82 Å². The summed E-state index contributed by atoms with van der Waals surface area (Å²) in [6.45, 7) is 12.7. The lowest BCUT2D eigenvalue weighted by Gasteiger charge is -2.37. The van der Waals surface area contributed by atoms with Crippen molar-refractivity contribution in [2.75, 3.05) is 50.8 Å². The molecular weight excluding hydrogens is 364 g/mol. The van der Waals surface area contributed by atoms with Crippen molar-refractivity contribution in [1.82, 2.24) is 14.9 Å². The van der Waals surface area contributed by atoms with Gasteiger partial charge in [-0.05, 0) is 19.4 Å². The van der Waals surface area contributed by atoms with Gasteiger partial charge in [0.1, 0.15) is 11.6 Å². The van der Waals surface area contributed by atoms with Gasteiger partial charge < -0.3 is 14.7 Å². The Morgan fingerprint density at radius 1 is 1.14 bits per heavy atom. The molecule has 1 fully saturated rings. The number of aliphatic hydroxyl groups excluding tert-OH is 1. The molecule has 1 aliphatic rings. The van der Waals surface area contributed by atoms with Crippen LogP contribution in [0.5, 0.6) is 0 Å². The SMILES string of the molecule is C=CCOCC(O)CN1CCN(c2nc(C)nc(C)c2Cc2ccccc2)CC1. The Kier molecular flexibility index (Phi) is 7.75. The zero-order valence-electron chi connectivity index (χ0n) is 17.5. The number of piperazine rings is 1. The predicted molar refractivity (Wildman–Crippen MR) is 116 cm³/mol. The molecule has 0 bridgehead atoms. The first-order chi connectivity index (χ1) is 14.1. The van der Waals surface area contributed by atoms with Crippen LogP contribution in [0.15, 0.2) is 43.0 Å². The molecule has 0 aliphatic carbocycles. The zero-order chi connectivity index (χ0) is 20.6. The second-order valence-corrected chi connectivity index (χ2v) is 7.59. The number of anilines is 1. The fourth-order valence-electron chi connectivity index (χ4n) is 3.77. The van der Waals surface area contributed by atoms with Gasteiger partial charge in [-0.25, -0.2) is 9.97 Å². The fourth-order valence-corrected chi connectivity index (χ4v) is 3.77. The molecule has 0 spiro atoms. The van der Waals surface area contributed by atoms with Gasteiger partial charge in [-0.1, -0.05) is 36.4 Å². The molecule has 1 N–H and O–H groups in total. The summed E-state index contributed by atoms with van der Waals surface area (Å²) >= 11 is 0. The molecule has 2 aromatic rings. The Bertz CT molecular complexity index is 789. The number of hydrogen-bond acceptors (Lipinski definition) is 6. The summed E-state index contributed by atoms with van der Waals surface area (Å²) in [5, 5.41) is 10.2. The number of ether oxygens (including phenoxy) is 1. The highest BCUT2D eigenvalue weighted by molar-refractivity contribution is 5.51. The average Bonchev–Trinajstić information content (AvgIpc) is 2.71. The summed E-state index contributed by atoms with van der Waals surface area (Å²) in [5.41, 5.74) is 3.52. The number of β-amino-alcohol motifs (C(OH)–C–C–N with tert-alkyl or cyclic N) is 1. The van der Waals surface area contributed by atoms with Gasteiger partial charge in [-0.2, -0.15) is 0 Å². The number of aromatic nitrogens is 2. The summed E-state index contributed by atoms with van der Waals surface area (Å²) in [4.78, 5) is 14.1. The Morgan fingerprint density at radius 2 is 1.86 bits per heavy atom. The van der Waals surface area contributed by atoms with E-state index in [4.69, 9.17) is 9.72 Å². The number of rotatable bonds is 9. The van der Waals surface area contributed by atoms with Gasteiger partial charge in [-0.15, -0.1) is 6.58 Å². The third kappa shape index (κ3) is 6.10. The number of benzene rings is 1. The molecule has 0 radical (unpaired) electrons. The molecule has 1 unspecified atom stereocenters. The highest BCUT2D eigenvalue weighted by atomic mass is 16.5. The van der Waals surface area contributed by atoms with Crippen LogP contribution in [0.4, 0.5) is 5.82 Å². The van der Waals surface area contributed by atoms with Crippen molar-refractivity contribution < 1.29 is 9.84 Å². The van der Waals surface area contributed by atoms with E-state index in [1.54, 1.807) is 6.08 Å². The van der Waals surface area contributed by atoms with Crippen LogP contribution in [0.1, 0.15) is 22.6 Å². The molecule has 1 saturated heterocycles. The average molecular weight is 397 g/mol. The molecule has 0 saturated carbocycles. The molecule has 6 nitrogen and oxygen atoms in total. The normalized spacial score (nSPS) is 16.0. The molecule has 6 heteroatoms. The van der Waals surface area contributed by atoms with Crippen molar-refractivity contribution in [2.45, 2.75) is 26.4 Å². The Hall–Kier alpha value is -2.28. The standard InChI is InChI=1S/C23H32N4O2/c1-4-14-29-17-21(28)16-26-10-12-27(13-11-26)23-22(18(2)24-19(3)25-23)15-20-8-6-5-7-9-20/h4-9,21,28H,1,10-17H2,2-3H3. The molecule has 1 aromatic heterocycles. The van der Waals surface area contributed by atoms with Crippen LogP contribution in [0.2, 0.25) is 0 Å². The molecule has 1 atom stereocenters. The van der Waals surface area contributed by atoms with Gasteiger partial charge in [0.2, 0.25) is 0 Å². The molecule has 2 heterocycles. The van der Waals surface area contributed by atoms with Crippen LogP contribution in [0, 0.1) is 13.8 Å². The molecule has 0 amide bonds. The minimum absolute atomic E-state index is 0.345. The third-order valence-electron chi connectivity index (χ3n) is 5.21. The third-order valence-corrected chi connectivity index (χ3v) is 5.21. The number of hydrogen-bond donors (Lipinski definition) is 1. The Balaban J connectivity index is 1.65. The van der Waals surface area contributed by atoms with Crippen molar-refractivity contribution in [3.63, 3.8) is 0 Å². The van der Waals surface area contributed by atoms with Gasteiger partial charge in [0, 0.05) is 50.4 Å². The van der Waals surface area contributed by atoms with E-state index < -0.39 is 6.10 Å². The lowest BCUT2D eigenvalue weighted by molar-refractivity contribution is 0.0252. The monoisotopic (exact) mass is 396 g/mol. The van der Waals surface area contributed by atoms with Crippen LogP contribution in [0.25, 0.3) is 0 Å². The van der Waals surface area contributed by atoms with Gasteiger partial charge in [0.15, 0.2) is 0 Å². The maximum absolute atomic E-state index is 10.2. The molecule has 1 aliphatic heterocycles. The van der Waals surface area contributed by atoms with E-state index in [1.165, 1.54) is 11.1 Å². The van der Waals surface area contributed by atoms with E-state index >= 15 is 0 Å². The quantitative estimate of drug-likeness (QED) is 0.519. The summed E-state index contributed by atoms with van der Waals surface area (Å²) < 4.78 is 5.35. The van der Waals surface area contributed by atoms with E-state index in [9.17, 15) is 5.11 Å². The fraction of sp³-hybridized carbons (Fsp3) is 0.478. The highest BCUT2D eigenvalue weighted by Gasteiger charge is 2.23. The van der Waals surface area contributed by atoms with Crippen LogP contribution in [-0.4, -0.2) is 72.0 Å². The smallest absolute Gasteiger partial charge is 0.136 e. The maximum atomic E-state index is 10.2. The van der Waals surface area contributed by atoms with Crippen molar-refractivity contribution in [3.8, 4) is 0 Å². The lowest BCUT2D eigenvalue weighted by Crippen LogP contribution is -2.49. The number of nitrogens with zero attached hydrogens (tertiary/aromatic N) is 4. The Morgan fingerprint density at radius 3 is 2.55 bits per heavy atom. The minimum Gasteiger partial charge on any atom is -0.389 e. The first-order valence-corrected chi connectivity index (χ1v) is 10.3. The second-order valence-electron chi connectivity index (χ2n) is 7.59.